The summed E-state index contributed by atoms with van der Waals surface area (Å²) in [5, 5.41) is 12.9. The molecule has 0 fully saturated rings. The maximum atomic E-state index is 11.9. The molecule has 0 aliphatic carbocycles. The van der Waals surface area contributed by atoms with E-state index < -0.39 is 6.10 Å². The fourth-order valence-corrected chi connectivity index (χ4v) is 2.80. The summed E-state index contributed by atoms with van der Waals surface area (Å²) in [6.45, 7) is 6.52. The second-order valence-corrected chi connectivity index (χ2v) is 5.74. The average Bonchev–Trinajstić information content (AvgIpc) is 2.68. The van der Waals surface area contributed by atoms with Gasteiger partial charge in [0.25, 0.3) is 5.91 Å². The molecule has 0 spiro atoms. The summed E-state index contributed by atoms with van der Waals surface area (Å²) in [4.78, 5) is 21.7. The Morgan fingerprint density at radius 1 is 1.24 bits per heavy atom. The van der Waals surface area contributed by atoms with E-state index in [1.807, 2.05) is 19.9 Å². The number of fused-ring (bicyclic) bond motifs is 1. The zero-order valence-corrected chi connectivity index (χ0v) is 14.9. The predicted molar refractivity (Wildman–Crippen MR) is 97.1 cm³/mol. The molecule has 1 amide bonds. The van der Waals surface area contributed by atoms with Crippen molar-refractivity contribution in [2.45, 2.75) is 32.9 Å². The number of carbonyl (C=O) groups excluding carboxylic acids is 1. The molecule has 3 rings (SSSR count). The number of nitrogens with one attached hydrogen (secondary N) is 1. The van der Waals surface area contributed by atoms with Gasteiger partial charge < -0.3 is 10.4 Å². The van der Waals surface area contributed by atoms with Crippen molar-refractivity contribution in [3.8, 4) is 0 Å². The van der Waals surface area contributed by atoms with E-state index in [0.717, 1.165) is 19.5 Å². The Kier molecular flexibility index (Phi) is 7.50. The fourth-order valence-electron chi connectivity index (χ4n) is 2.80. The highest BCUT2D eigenvalue weighted by molar-refractivity contribution is 5.93. The van der Waals surface area contributed by atoms with Crippen molar-refractivity contribution in [1.82, 2.24) is 20.2 Å². The maximum absolute atomic E-state index is 11.9. The lowest BCUT2D eigenvalue weighted by Crippen LogP contribution is -2.42. The van der Waals surface area contributed by atoms with Crippen molar-refractivity contribution in [2.75, 3.05) is 19.6 Å². The number of β-amino-alcohol motifs (C(OH)–C–C–N with tert-alkyl or cyclic N) is 1. The summed E-state index contributed by atoms with van der Waals surface area (Å²) >= 11 is 0. The molecule has 2 aromatic rings. The van der Waals surface area contributed by atoms with Crippen molar-refractivity contribution < 1.29 is 9.90 Å². The van der Waals surface area contributed by atoms with Gasteiger partial charge in [-0.3, -0.25) is 9.69 Å². The number of hydrogen-bond acceptors (Lipinski definition) is 5. The Bertz CT molecular complexity index is 663. The van der Waals surface area contributed by atoms with Crippen LogP contribution in [0.25, 0.3) is 0 Å². The first-order valence-electron chi connectivity index (χ1n) is 8.73. The molecule has 2 heterocycles. The molecular formula is C19H26N4O2. The van der Waals surface area contributed by atoms with Crippen LogP contribution in [0.1, 0.15) is 35.3 Å². The molecule has 1 aliphatic heterocycles. The Balaban J connectivity index is 0.00000109. The second-order valence-electron chi connectivity index (χ2n) is 5.74. The van der Waals surface area contributed by atoms with E-state index in [1.165, 1.54) is 29.8 Å². The van der Waals surface area contributed by atoms with Crippen LogP contribution in [0.4, 0.5) is 0 Å². The molecule has 2 N–H and O–H groups in total. The van der Waals surface area contributed by atoms with Crippen molar-refractivity contribution >= 4 is 5.91 Å². The van der Waals surface area contributed by atoms with Crippen LogP contribution in [0.15, 0.2) is 43.0 Å². The van der Waals surface area contributed by atoms with Gasteiger partial charge in [-0.25, -0.2) is 9.97 Å². The van der Waals surface area contributed by atoms with Crippen LogP contribution in [-0.2, 0) is 13.0 Å². The number of rotatable bonds is 5. The van der Waals surface area contributed by atoms with E-state index in [-0.39, 0.29) is 12.5 Å². The second kappa shape index (κ2) is 9.86. The molecule has 1 aromatic heterocycles. The third-order valence-corrected chi connectivity index (χ3v) is 4.00. The first-order chi connectivity index (χ1) is 12.2. The van der Waals surface area contributed by atoms with Crippen molar-refractivity contribution in [2.24, 2.45) is 0 Å². The molecular weight excluding hydrogens is 316 g/mol. The Hall–Kier alpha value is -2.31. The standard InChI is InChI=1S/C17H20N4O2.C2H6/c22-16(9-20-17(23)15-7-18-12-19-8-15)11-21-6-5-13-3-1-2-4-14(13)10-21;1-2/h1-4,7-8,12,16,22H,5-6,9-11H2,(H,20,23);1-2H3/t16-;/m1./s1. The fraction of sp³-hybridized carbons (Fsp3) is 0.421. The summed E-state index contributed by atoms with van der Waals surface area (Å²) < 4.78 is 0. The van der Waals surface area contributed by atoms with Gasteiger partial charge in [-0.1, -0.05) is 38.1 Å². The van der Waals surface area contributed by atoms with Gasteiger partial charge in [0.15, 0.2) is 0 Å². The molecule has 0 unspecified atom stereocenters. The highest BCUT2D eigenvalue weighted by atomic mass is 16.3. The highest BCUT2D eigenvalue weighted by Gasteiger charge is 2.18. The molecule has 134 valence electrons. The van der Waals surface area contributed by atoms with E-state index in [4.69, 9.17) is 0 Å². The van der Waals surface area contributed by atoms with Crippen LogP contribution < -0.4 is 5.32 Å². The van der Waals surface area contributed by atoms with Crippen LogP contribution in [0.5, 0.6) is 0 Å². The smallest absolute Gasteiger partial charge is 0.254 e. The molecule has 1 aliphatic rings. The molecule has 0 saturated carbocycles. The summed E-state index contributed by atoms with van der Waals surface area (Å²) in [5.74, 6) is -0.270. The lowest BCUT2D eigenvalue weighted by Gasteiger charge is -2.30. The monoisotopic (exact) mass is 342 g/mol. The van der Waals surface area contributed by atoms with Crippen LogP contribution in [0, 0.1) is 0 Å². The minimum Gasteiger partial charge on any atom is -0.390 e. The number of aromatic nitrogens is 2. The van der Waals surface area contributed by atoms with Crippen LogP contribution >= 0.6 is 0 Å². The third-order valence-electron chi connectivity index (χ3n) is 4.00. The Morgan fingerprint density at radius 3 is 2.64 bits per heavy atom. The lowest BCUT2D eigenvalue weighted by atomic mass is 10.00. The average molecular weight is 342 g/mol. The summed E-state index contributed by atoms with van der Waals surface area (Å²) in [6.07, 6.45) is 4.68. The summed E-state index contributed by atoms with van der Waals surface area (Å²) in [7, 11) is 0. The van der Waals surface area contributed by atoms with Gasteiger partial charge in [0, 0.05) is 38.6 Å². The third kappa shape index (κ3) is 5.62. The molecule has 1 aromatic carbocycles. The Morgan fingerprint density at radius 2 is 1.92 bits per heavy atom. The predicted octanol–water partition coefficient (Wildman–Crippen LogP) is 1.65. The van der Waals surface area contributed by atoms with E-state index in [0.29, 0.717) is 12.1 Å². The first-order valence-corrected chi connectivity index (χ1v) is 8.73. The molecule has 6 nitrogen and oxygen atoms in total. The van der Waals surface area contributed by atoms with Gasteiger partial charge >= 0.3 is 0 Å². The lowest BCUT2D eigenvalue weighted by molar-refractivity contribution is 0.0841. The van der Waals surface area contributed by atoms with Gasteiger partial charge in [0.05, 0.1) is 11.7 Å². The van der Waals surface area contributed by atoms with Crippen LogP contribution in [0.3, 0.4) is 0 Å². The van der Waals surface area contributed by atoms with E-state index in [2.05, 4.69) is 38.4 Å². The summed E-state index contributed by atoms with van der Waals surface area (Å²) in [5.41, 5.74) is 3.10. The SMILES string of the molecule is CC.O=C(NC[C@@H](O)CN1CCc2ccccc2C1)c1cncnc1. The molecule has 0 bridgehead atoms. The minimum atomic E-state index is -0.603. The van der Waals surface area contributed by atoms with Crippen LogP contribution in [-0.4, -0.2) is 51.6 Å². The van der Waals surface area contributed by atoms with Crippen molar-refractivity contribution in [3.05, 3.63) is 59.7 Å². The number of amides is 1. The number of nitrogens with zero attached hydrogens (tertiary/aromatic N) is 3. The van der Waals surface area contributed by atoms with Crippen molar-refractivity contribution in [1.29, 1.82) is 0 Å². The first kappa shape index (κ1) is 19.0. The number of aliphatic hydroxyl groups is 1. The Labute approximate surface area is 148 Å². The molecule has 0 saturated heterocycles. The van der Waals surface area contributed by atoms with E-state index >= 15 is 0 Å². The maximum Gasteiger partial charge on any atom is 0.254 e. The number of hydrogen-bond donors (Lipinski definition) is 2. The molecule has 0 radical (unpaired) electrons. The molecule has 6 heteroatoms. The minimum absolute atomic E-state index is 0.214. The molecule has 1 atom stereocenters. The van der Waals surface area contributed by atoms with Gasteiger partial charge in [-0.05, 0) is 17.5 Å². The number of benzene rings is 1. The highest BCUT2D eigenvalue weighted by Crippen LogP contribution is 2.18. The van der Waals surface area contributed by atoms with Gasteiger partial charge in [0.1, 0.15) is 6.33 Å². The topological polar surface area (TPSA) is 78.4 Å². The van der Waals surface area contributed by atoms with Gasteiger partial charge in [0.2, 0.25) is 0 Å². The van der Waals surface area contributed by atoms with Gasteiger partial charge in [-0.15, -0.1) is 0 Å². The normalized spacial score (nSPS) is 14.7. The van der Waals surface area contributed by atoms with E-state index in [9.17, 15) is 9.90 Å². The number of aliphatic hydroxyl groups excluding tert-OH is 1. The van der Waals surface area contributed by atoms with Crippen molar-refractivity contribution in [3.63, 3.8) is 0 Å². The van der Waals surface area contributed by atoms with E-state index in [1.54, 1.807) is 0 Å². The zero-order valence-electron chi connectivity index (χ0n) is 14.9. The van der Waals surface area contributed by atoms with Gasteiger partial charge in [-0.2, -0.15) is 0 Å². The summed E-state index contributed by atoms with van der Waals surface area (Å²) in [6, 6.07) is 8.39. The van der Waals surface area contributed by atoms with Crippen LogP contribution in [0.2, 0.25) is 0 Å². The number of carbonyl (C=O) groups is 1. The largest absolute Gasteiger partial charge is 0.390 e. The zero-order chi connectivity index (χ0) is 18.1. The quantitative estimate of drug-likeness (QED) is 0.864. The molecule has 25 heavy (non-hydrogen) atoms.